The molecule has 4 rings (SSSR count). The Morgan fingerprint density at radius 3 is 2.53 bits per heavy atom. The van der Waals surface area contributed by atoms with E-state index in [2.05, 4.69) is 0 Å². The number of non-ortho nitro benzene ring substituents is 1. The number of hydrogen-bond donors (Lipinski definition) is 0. The number of carbonyl (C=O) groups is 3. The predicted octanol–water partition coefficient (Wildman–Crippen LogP) is 3.52. The fourth-order valence-electron chi connectivity index (χ4n) is 3.98. The van der Waals surface area contributed by atoms with Crippen molar-refractivity contribution in [2.75, 3.05) is 4.90 Å². The topological polar surface area (TPSA) is 107 Å². The van der Waals surface area contributed by atoms with Gasteiger partial charge in [0.2, 0.25) is 11.8 Å². The predicted molar refractivity (Wildman–Crippen MR) is 107 cm³/mol. The van der Waals surface area contributed by atoms with Crippen LogP contribution in [-0.2, 0) is 9.59 Å². The molecule has 1 aliphatic heterocycles. The lowest BCUT2D eigenvalue weighted by Crippen LogP contribution is -2.31. The maximum atomic E-state index is 12.8. The van der Waals surface area contributed by atoms with Gasteiger partial charge < -0.3 is 4.74 Å². The van der Waals surface area contributed by atoms with Crippen LogP contribution in [0.3, 0.4) is 0 Å². The number of nitro benzene ring substituents is 1. The van der Waals surface area contributed by atoms with Crippen LogP contribution in [0.15, 0.2) is 60.7 Å². The van der Waals surface area contributed by atoms with Gasteiger partial charge in [0.15, 0.2) is 0 Å². The number of nitrogens with zero attached hydrogens (tertiary/aromatic N) is 2. The van der Waals surface area contributed by atoms with Gasteiger partial charge in [-0.1, -0.05) is 25.1 Å². The van der Waals surface area contributed by atoms with Crippen molar-refractivity contribution in [1.82, 2.24) is 0 Å². The van der Waals surface area contributed by atoms with Crippen molar-refractivity contribution in [2.45, 2.75) is 13.3 Å². The molecule has 0 radical (unpaired) electrons. The van der Waals surface area contributed by atoms with Gasteiger partial charge in [-0.3, -0.25) is 24.6 Å². The molecule has 3 atom stereocenters. The normalized spacial score (nSPS) is 22.7. The molecule has 0 bridgehead atoms. The smallest absolute Gasteiger partial charge is 0.343 e. The van der Waals surface area contributed by atoms with Crippen LogP contribution in [0.2, 0.25) is 0 Å². The molecule has 0 unspecified atom stereocenters. The van der Waals surface area contributed by atoms with Gasteiger partial charge in [-0.2, -0.15) is 0 Å². The highest BCUT2D eigenvalue weighted by Gasteiger charge is 2.50. The first-order valence-corrected chi connectivity index (χ1v) is 9.48. The molecule has 0 N–H and O–H groups in total. The Labute approximate surface area is 171 Å². The van der Waals surface area contributed by atoms with Gasteiger partial charge in [-0.25, -0.2) is 4.79 Å². The molecule has 0 spiro atoms. The van der Waals surface area contributed by atoms with Gasteiger partial charge in [0, 0.05) is 12.1 Å². The molecule has 1 fully saturated rings. The van der Waals surface area contributed by atoms with Crippen LogP contribution in [-0.4, -0.2) is 22.7 Å². The van der Waals surface area contributed by atoms with Crippen LogP contribution < -0.4 is 9.64 Å². The molecule has 8 heteroatoms. The Kier molecular flexibility index (Phi) is 4.91. The lowest BCUT2D eigenvalue weighted by molar-refractivity contribution is -0.384. The second kappa shape index (κ2) is 7.55. The van der Waals surface area contributed by atoms with E-state index < -0.39 is 10.9 Å². The maximum absolute atomic E-state index is 12.8. The van der Waals surface area contributed by atoms with Gasteiger partial charge in [-0.05, 0) is 42.7 Å². The molecule has 1 aliphatic carbocycles. The largest absolute Gasteiger partial charge is 0.423 e. The molecule has 2 amide bonds. The summed E-state index contributed by atoms with van der Waals surface area (Å²) in [5.74, 6) is -1.68. The third-order valence-corrected chi connectivity index (χ3v) is 5.47. The lowest BCUT2D eigenvalue weighted by atomic mass is 9.78. The Balaban J connectivity index is 1.50. The van der Waals surface area contributed by atoms with Crippen molar-refractivity contribution in [3.05, 3.63) is 76.4 Å². The van der Waals surface area contributed by atoms with E-state index in [9.17, 15) is 24.5 Å². The quantitative estimate of drug-likeness (QED) is 0.192. The average Bonchev–Trinajstić information content (AvgIpc) is 3.00. The summed E-state index contributed by atoms with van der Waals surface area (Å²) in [4.78, 5) is 49.3. The van der Waals surface area contributed by atoms with Gasteiger partial charge in [0.05, 0.1) is 28.0 Å². The van der Waals surface area contributed by atoms with E-state index in [1.807, 2.05) is 19.1 Å². The van der Waals surface area contributed by atoms with Crippen molar-refractivity contribution in [3.8, 4) is 5.75 Å². The van der Waals surface area contributed by atoms with Crippen molar-refractivity contribution < 1.29 is 24.0 Å². The number of amides is 2. The summed E-state index contributed by atoms with van der Waals surface area (Å²) in [6, 6.07) is 11.3. The minimum Gasteiger partial charge on any atom is -0.423 e. The SMILES string of the molecule is C[C@@H]1C=CC[C@@H]2C(=O)N(c3ccc(OC(=O)c4cccc([N+](=O)[O-])c4)cc3)C(=O)[C@@H]12. The number of ether oxygens (including phenoxy) is 1. The van der Waals surface area contributed by atoms with E-state index in [1.165, 1.54) is 35.2 Å². The molecule has 0 saturated carbocycles. The highest BCUT2D eigenvalue weighted by Crippen LogP contribution is 2.40. The average molecular weight is 406 g/mol. The number of imide groups is 1. The zero-order valence-corrected chi connectivity index (χ0v) is 16.1. The maximum Gasteiger partial charge on any atom is 0.343 e. The Hall–Kier alpha value is -3.81. The summed E-state index contributed by atoms with van der Waals surface area (Å²) in [7, 11) is 0. The highest BCUT2D eigenvalue weighted by atomic mass is 16.6. The molecular weight excluding hydrogens is 388 g/mol. The van der Waals surface area contributed by atoms with Gasteiger partial charge >= 0.3 is 5.97 Å². The molecule has 8 nitrogen and oxygen atoms in total. The second-order valence-electron chi connectivity index (χ2n) is 7.36. The van der Waals surface area contributed by atoms with Crippen LogP contribution in [0, 0.1) is 27.9 Å². The zero-order chi connectivity index (χ0) is 21.4. The number of hydrogen-bond acceptors (Lipinski definition) is 6. The number of anilines is 1. The van der Waals surface area contributed by atoms with Crippen molar-refractivity contribution >= 4 is 29.2 Å². The first kappa shape index (κ1) is 19.5. The van der Waals surface area contributed by atoms with Crippen molar-refractivity contribution in [2.24, 2.45) is 17.8 Å². The number of esters is 1. The molecule has 0 aromatic heterocycles. The van der Waals surface area contributed by atoms with E-state index in [0.717, 1.165) is 6.07 Å². The van der Waals surface area contributed by atoms with Crippen LogP contribution in [0.4, 0.5) is 11.4 Å². The molecule has 1 saturated heterocycles. The Morgan fingerprint density at radius 1 is 1.13 bits per heavy atom. The number of carbonyl (C=O) groups excluding carboxylic acids is 3. The highest BCUT2D eigenvalue weighted by molar-refractivity contribution is 6.22. The summed E-state index contributed by atoms with van der Waals surface area (Å²) in [5.41, 5.74) is 0.251. The van der Waals surface area contributed by atoms with Gasteiger partial charge in [0.1, 0.15) is 5.75 Å². The summed E-state index contributed by atoms with van der Waals surface area (Å²) in [6.07, 6.45) is 4.46. The molecular formula is C22H18N2O6. The second-order valence-corrected chi connectivity index (χ2v) is 7.36. The van der Waals surface area contributed by atoms with E-state index in [0.29, 0.717) is 12.1 Å². The lowest BCUT2D eigenvalue weighted by Gasteiger charge is -2.22. The first-order chi connectivity index (χ1) is 14.4. The van der Waals surface area contributed by atoms with E-state index in [4.69, 9.17) is 4.74 Å². The third kappa shape index (κ3) is 3.36. The van der Waals surface area contributed by atoms with E-state index in [-0.39, 0.29) is 46.6 Å². The number of allylic oxidation sites excluding steroid dienone is 2. The van der Waals surface area contributed by atoms with E-state index >= 15 is 0 Å². The van der Waals surface area contributed by atoms with Crippen LogP contribution in [0.5, 0.6) is 5.75 Å². The molecule has 2 aliphatic rings. The first-order valence-electron chi connectivity index (χ1n) is 9.48. The fraction of sp³-hybridized carbons (Fsp3) is 0.227. The van der Waals surface area contributed by atoms with Gasteiger partial charge in [-0.15, -0.1) is 0 Å². The standard InChI is InChI=1S/C22H18N2O6/c1-13-4-2-7-18-19(13)21(26)23(20(18)25)15-8-10-17(11-9-15)30-22(27)14-5-3-6-16(12-14)24(28)29/h2-6,8-13,18-19H,7H2,1H3/t13-,18+,19+/m1/s1. The zero-order valence-electron chi connectivity index (χ0n) is 16.1. The van der Waals surface area contributed by atoms with Crippen molar-refractivity contribution in [3.63, 3.8) is 0 Å². The third-order valence-electron chi connectivity index (χ3n) is 5.47. The van der Waals surface area contributed by atoms with Crippen LogP contribution in [0.25, 0.3) is 0 Å². The Bertz CT molecular complexity index is 1080. The monoisotopic (exact) mass is 406 g/mol. The molecule has 2 aromatic carbocycles. The molecule has 30 heavy (non-hydrogen) atoms. The van der Waals surface area contributed by atoms with Crippen LogP contribution in [0.1, 0.15) is 23.7 Å². The number of benzene rings is 2. The Morgan fingerprint density at radius 2 is 1.87 bits per heavy atom. The van der Waals surface area contributed by atoms with Crippen LogP contribution >= 0.6 is 0 Å². The van der Waals surface area contributed by atoms with Gasteiger partial charge in [0.25, 0.3) is 5.69 Å². The molecule has 2 aromatic rings. The summed E-state index contributed by atoms with van der Waals surface area (Å²) >= 11 is 0. The molecule has 152 valence electrons. The summed E-state index contributed by atoms with van der Waals surface area (Å²) < 4.78 is 5.26. The molecule has 1 heterocycles. The number of fused-ring (bicyclic) bond motifs is 1. The van der Waals surface area contributed by atoms with Crippen molar-refractivity contribution in [1.29, 1.82) is 0 Å². The summed E-state index contributed by atoms with van der Waals surface area (Å²) in [6.45, 7) is 1.93. The summed E-state index contributed by atoms with van der Waals surface area (Å²) in [5, 5.41) is 10.9. The fourth-order valence-corrected chi connectivity index (χ4v) is 3.98. The minimum absolute atomic E-state index is 0.000331. The number of nitro groups is 1. The number of rotatable bonds is 4. The minimum atomic E-state index is -0.745. The van der Waals surface area contributed by atoms with E-state index in [1.54, 1.807) is 12.1 Å².